The number of anilines is 1. The highest BCUT2D eigenvalue weighted by Gasteiger charge is 2.25. The van der Waals surface area contributed by atoms with E-state index in [9.17, 15) is 0 Å². The minimum atomic E-state index is 0.0229. The van der Waals surface area contributed by atoms with Crippen LogP contribution >= 0.6 is 11.8 Å². The van der Waals surface area contributed by atoms with Crippen LogP contribution in [0.3, 0.4) is 0 Å². The van der Waals surface area contributed by atoms with E-state index in [1.165, 1.54) is 5.56 Å². The molecule has 3 aromatic rings. The zero-order chi connectivity index (χ0) is 21.0. The van der Waals surface area contributed by atoms with E-state index in [0.29, 0.717) is 19.8 Å². The Morgan fingerprint density at radius 1 is 1.03 bits per heavy atom. The van der Waals surface area contributed by atoms with Crippen molar-refractivity contribution in [2.75, 3.05) is 43.5 Å². The summed E-state index contributed by atoms with van der Waals surface area (Å²) in [5.41, 5.74) is 3.30. The first kappa shape index (κ1) is 20.1. The number of aromatic nitrogens is 3. The third-order valence-corrected chi connectivity index (χ3v) is 6.37. The maximum Gasteiger partial charge on any atom is 0.232 e. The van der Waals surface area contributed by atoms with E-state index in [4.69, 9.17) is 9.47 Å². The van der Waals surface area contributed by atoms with Crippen molar-refractivity contribution >= 4 is 23.6 Å². The Bertz CT molecular complexity index is 1060. The highest BCUT2D eigenvalue weighted by Crippen LogP contribution is 2.29. The monoisotopic (exact) mass is 435 g/mol. The van der Waals surface area contributed by atoms with Crippen molar-refractivity contribution in [3.05, 3.63) is 65.7 Å². The van der Waals surface area contributed by atoms with Gasteiger partial charge in [-0.15, -0.1) is 10.2 Å². The fourth-order valence-electron chi connectivity index (χ4n) is 3.73. The van der Waals surface area contributed by atoms with Crippen LogP contribution in [0.4, 0.5) is 5.95 Å². The summed E-state index contributed by atoms with van der Waals surface area (Å²) in [4.78, 5) is 6.83. The van der Waals surface area contributed by atoms with Crippen LogP contribution in [0.5, 0.6) is 0 Å². The van der Waals surface area contributed by atoms with Crippen LogP contribution in [0.25, 0.3) is 5.69 Å². The van der Waals surface area contributed by atoms with E-state index >= 15 is 0 Å². The Morgan fingerprint density at radius 3 is 2.68 bits per heavy atom. The van der Waals surface area contributed by atoms with Crippen molar-refractivity contribution in [3.8, 4) is 5.69 Å². The highest BCUT2D eigenvalue weighted by molar-refractivity contribution is 7.99. The number of aliphatic imine (C=N–C) groups is 1. The van der Waals surface area contributed by atoms with Crippen LogP contribution in [0.1, 0.15) is 11.1 Å². The number of hydrogen-bond donors (Lipinski definition) is 0. The first-order chi connectivity index (χ1) is 15.3. The summed E-state index contributed by atoms with van der Waals surface area (Å²) in [5, 5.41) is 9.95. The van der Waals surface area contributed by atoms with Gasteiger partial charge in [-0.3, -0.25) is 4.57 Å². The molecule has 0 spiro atoms. The molecule has 7 nitrogen and oxygen atoms in total. The van der Waals surface area contributed by atoms with Gasteiger partial charge in [-0.2, -0.15) is 0 Å². The Labute approximate surface area is 186 Å². The second-order valence-corrected chi connectivity index (χ2v) is 8.61. The lowest BCUT2D eigenvalue weighted by Gasteiger charge is -2.28. The standard InChI is InChI=1S/C23H25N5O2S/c1-17-6-5-9-19(14-17)28-22(27-10-12-29-13-11-27)25-26-23(28)31-16-20-15-24-21(30-20)18-7-3-2-4-8-18/h2-9,14,20H,10-13,15-16H2,1H3/t20-/m0/s1. The molecule has 160 valence electrons. The third kappa shape index (κ3) is 4.45. The number of benzene rings is 2. The fraction of sp³-hybridized carbons (Fsp3) is 0.348. The van der Waals surface area contributed by atoms with Crippen LogP contribution in [0.15, 0.2) is 64.7 Å². The summed E-state index contributed by atoms with van der Waals surface area (Å²) >= 11 is 1.66. The van der Waals surface area contributed by atoms with Gasteiger partial charge in [-0.05, 0) is 36.8 Å². The highest BCUT2D eigenvalue weighted by atomic mass is 32.2. The number of nitrogens with zero attached hydrogens (tertiary/aromatic N) is 5. The molecule has 0 radical (unpaired) electrons. The smallest absolute Gasteiger partial charge is 0.232 e. The first-order valence-electron chi connectivity index (χ1n) is 10.5. The first-order valence-corrected chi connectivity index (χ1v) is 11.5. The van der Waals surface area contributed by atoms with Gasteiger partial charge in [-0.1, -0.05) is 42.1 Å². The zero-order valence-electron chi connectivity index (χ0n) is 17.5. The molecule has 2 aliphatic rings. The lowest BCUT2D eigenvalue weighted by Crippen LogP contribution is -2.37. The minimum absolute atomic E-state index is 0.0229. The van der Waals surface area contributed by atoms with Gasteiger partial charge in [0.05, 0.1) is 25.4 Å². The van der Waals surface area contributed by atoms with Crippen molar-refractivity contribution in [2.24, 2.45) is 4.99 Å². The third-order valence-electron chi connectivity index (χ3n) is 5.31. The quantitative estimate of drug-likeness (QED) is 0.554. The molecule has 0 aliphatic carbocycles. The molecule has 2 aromatic carbocycles. The molecule has 31 heavy (non-hydrogen) atoms. The van der Waals surface area contributed by atoms with E-state index in [1.807, 2.05) is 30.3 Å². The van der Waals surface area contributed by atoms with Gasteiger partial charge in [0.1, 0.15) is 6.10 Å². The van der Waals surface area contributed by atoms with Crippen molar-refractivity contribution in [2.45, 2.75) is 18.2 Å². The molecule has 2 aliphatic heterocycles. The second-order valence-electron chi connectivity index (χ2n) is 7.62. The van der Waals surface area contributed by atoms with Crippen molar-refractivity contribution < 1.29 is 9.47 Å². The van der Waals surface area contributed by atoms with Gasteiger partial charge in [0.15, 0.2) is 5.16 Å². The van der Waals surface area contributed by atoms with Crippen molar-refractivity contribution in [3.63, 3.8) is 0 Å². The number of hydrogen-bond acceptors (Lipinski definition) is 7. The van der Waals surface area contributed by atoms with E-state index in [-0.39, 0.29) is 6.10 Å². The van der Waals surface area contributed by atoms with Gasteiger partial charge in [0.25, 0.3) is 0 Å². The van der Waals surface area contributed by atoms with Gasteiger partial charge >= 0.3 is 0 Å². The average molecular weight is 436 g/mol. The summed E-state index contributed by atoms with van der Waals surface area (Å²) in [6.07, 6.45) is 0.0229. The van der Waals surface area contributed by atoms with Crippen LogP contribution < -0.4 is 4.90 Å². The predicted molar refractivity (Wildman–Crippen MR) is 123 cm³/mol. The maximum absolute atomic E-state index is 6.10. The van der Waals surface area contributed by atoms with Crippen molar-refractivity contribution in [1.82, 2.24) is 14.8 Å². The normalized spacial score (nSPS) is 18.7. The SMILES string of the molecule is Cc1cccc(-n2c(SC[C@@H]3CN=C(c4ccccc4)O3)nnc2N2CCOCC2)c1. The Balaban J connectivity index is 1.34. The molecule has 0 unspecified atom stereocenters. The minimum Gasteiger partial charge on any atom is -0.471 e. The lowest BCUT2D eigenvalue weighted by molar-refractivity contribution is 0.122. The average Bonchev–Trinajstić information content (AvgIpc) is 3.46. The number of aryl methyl sites for hydroxylation is 1. The van der Waals surface area contributed by atoms with E-state index in [1.54, 1.807) is 11.8 Å². The summed E-state index contributed by atoms with van der Waals surface area (Å²) in [5.74, 6) is 2.35. The molecule has 0 amide bonds. The number of morpholine rings is 1. The van der Waals surface area contributed by atoms with E-state index in [0.717, 1.165) is 47.1 Å². The number of rotatable bonds is 6. The molecular formula is C23H25N5O2S. The fourth-order valence-corrected chi connectivity index (χ4v) is 4.65. The molecule has 1 atom stereocenters. The van der Waals surface area contributed by atoms with Crippen LogP contribution in [0, 0.1) is 6.92 Å². The second kappa shape index (κ2) is 9.11. The van der Waals surface area contributed by atoms with Gasteiger partial charge in [-0.25, -0.2) is 4.99 Å². The molecule has 5 rings (SSSR count). The number of ether oxygens (including phenoxy) is 2. The van der Waals surface area contributed by atoms with Crippen LogP contribution in [-0.2, 0) is 9.47 Å². The summed E-state index contributed by atoms with van der Waals surface area (Å²) in [7, 11) is 0. The van der Waals surface area contributed by atoms with E-state index < -0.39 is 0 Å². The van der Waals surface area contributed by atoms with Gasteiger partial charge < -0.3 is 14.4 Å². The molecule has 0 bridgehead atoms. The molecule has 1 fully saturated rings. The molecule has 8 heteroatoms. The predicted octanol–water partition coefficient (Wildman–Crippen LogP) is 3.35. The largest absolute Gasteiger partial charge is 0.471 e. The Kier molecular flexibility index (Phi) is 5.90. The van der Waals surface area contributed by atoms with Crippen molar-refractivity contribution in [1.29, 1.82) is 0 Å². The van der Waals surface area contributed by atoms with Gasteiger partial charge in [0, 0.05) is 24.4 Å². The molecule has 1 aromatic heterocycles. The molecule has 3 heterocycles. The molecule has 0 N–H and O–H groups in total. The van der Waals surface area contributed by atoms with Crippen LogP contribution in [0.2, 0.25) is 0 Å². The lowest BCUT2D eigenvalue weighted by atomic mass is 10.2. The molecule has 0 saturated carbocycles. The summed E-state index contributed by atoms with van der Waals surface area (Å²) in [6.45, 7) is 5.80. The zero-order valence-corrected chi connectivity index (χ0v) is 18.3. The van der Waals surface area contributed by atoms with E-state index in [2.05, 4.69) is 55.8 Å². The summed E-state index contributed by atoms with van der Waals surface area (Å²) < 4.78 is 13.8. The van der Waals surface area contributed by atoms with Gasteiger partial charge in [0.2, 0.25) is 11.8 Å². The van der Waals surface area contributed by atoms with Crippen LogP contribution in [-0.4, -0.2) is 65.4 Å². The Morgan fingerprint density at radius 2 is 1.87 bits per heavy atom. The maximum atomic E-state index is 6.10. The Hall–Kier alpha value is -2.84. The summed E-state index contributed by atoms with van der Waals surface area (Å²) in [6, 6.07) is 18.5. The topological polar surface area (TPSA) is 64.8 Å². The number of thioether (sulfide) groups is 1. The molecule has 1 saturated heterocycles. The molecular weight excluding hydrogens is 410 g/mol.